The summed E-state index contributed by atoms with van der Waals surface area (Å²) in [5.74, 6) is -0.474. The average Bonchev–Trinajstić information content (AvgIpc) is 2.48. The van der Waals surface area contributed by atoms with Gasteiger partial charge in [-0.15, -0.1) is 0 Å². The van der Waals surface area contributed by atoms with Gasteiger partial charge in [0, 0.05) is 5.56 Å². The van der Waals surface area contributed by atoms with Crippen LogP contribution in [0.3, 0.4) is 0 Å². The van der Waals surface area contributed by atoms with E-state index in [1.54, 1.807) is 12.1 Å². The van der Waals surface area contributed by atoms with E-state index in [1.807, 2.05) is 6.92 Å². The molecule has 1 aromatic carbocycles. The Morgan fingerprint density at radius 2 is 2.09 bits per heavy atom. The number of carboxylic acids is 1. The summed E-state index contributed by atoms with van der Waals surface area (Å²) in [6.07, 6.45) is 2.54. The monoisotopic (exact) mass is 385 g/mol. The molecular formula is C16H20BrNO5. The van der Waals surface area contributed by atoms with E-state index >= 15 is 0 Å². The van der Waals surface area contributed by atoms with E-state index in [1.165, 1.54) is 7.11 Å². The summed E-state index contributed by atoms with van der Waals surface area (Å²) in [7, 11) is 1.49. The van der Waals surface area contributed by atoms with E-state index in [4.69, 9.17) is 9.47 Å². The molecule has 0 radical (unpaired) electrons. The van der Waals surface area contributed by atoms with Crippen LogP contribution in [0.5, 0.6) is 11.5 Å². The lowest BCUT2D eigenvalue weighted by atomic mass is 9.76. The number of amides is 1. The van der Waals surface area contributed by atoms with Crippen LogP contribution < -0.4 is 14.8 Å². The zero-order chi connectivity index (χ0) is 17.0. The molecule has 1 fully saturated rings. The zero-order valence-corrected chi connectivity index (χ0v) is 14.7. The first-order chi connectivity index (χ1) is 10.9. The number of benzene rings is 1. The maximum Gasteiger partial charge on any atom is 0.329 e. The number of hydrogen-bond donors (Lipinski definition) is 2. The van der Waals surface area contributed by atoms with Crippen LogP contribution in [0.2, 0.25) is 0 Å². The number of nitrogens with one attached hydrogen (secondary N) is 1. The molecular weight excluding hydrogens is 366 g/mol. The van der Waals surface area contributed by atoms with E-state index in [0.717, 1.165) is 12.8 Å². The van der Waals surface area contributed by atoms with Gasteiger partial charge in [-0.25, -0.2) is 4.79 Å². The molecule has 0 bridgehead atoms. The molecule has 126 valence electrons. The lowest BCUT2D eigenvalue weighted by molar-refractivity contribution is -0.148. The van der Waals surface area contributed by atoms with E-state index in [0.29, 0.717) is 41.0 Å². The minimum atomic E-state index is -1.14. The van der Waals surface area contributed by atoms with Crippen LogP contribution in [0.1, 0.15) is 43.0 Å². The summed E-state index contributed by atoms with van der Waals surface area (Å²) in [4.78, 5) is 23.8. The third kappa shape index (κ3) is 3.60. The number of aliphatic carboxylic acids is 1. The summed E-state index contributed by atoms with van der Waals surface area (Å²) in [5, 5.41) is 11.9. The summed E-state index contributed by atoms with van der Waals surface area (Å²) >= 11 is 3.38. The second-order valence-corrected chi connectivity index (χ2v) is 6.39. The molecule has 0 aliphatic heterocycles. The number of halogens is 1. The van der Waals surface area contributed by atoms with Crippen molar-refractivity contribution in [3.63, 3.8) is 0 Å². The number of carboxylic acid groups (broad SMARTS) is 1. The molecule has 0 heterocycles. The van der Waals surface area contributed by atoms with Gasteiger partial charge in [0.05, 0.1) is 18.2 Å². The van der Waals surface area contributed by atoms with Gasteiger partial charge in [-0.2, -0.15) is 0 Å². The Morgan fingerprint density at radius 1 is 1.39 bits per heavy atom. The fraction of sp³-hybridized carbons (Fsp3) is 0.500. The quantitative estimate of drug-likeness (QED) is 0.753. The van der Waals surface area contributed by atoms with E-state index in [-0.39, 0.29) is 0 Å². The standard InChI is InChI=1S/C16H20BrNO5/c1-3-7-23-13-11(17)8-10(9-12(13)22-2)14(19)18-16(15(20)21)5-4-6-16/h8-9H,3-7H2,1-2H3,(H,18,19)(H,20,21). The lowest BCUT2D eigenvalue weighted by Gasteiger charge is -2.38. The van der Waals surface area contributed by atoms with Crippen LogP contribution in [0.25, 0.3) is 0 Å². The second-order valence-electron chi connectivity index (χ2n) is 5.53. The molecule has 1 aromatic rings. The van der Waals surface area contributed by atoms with Crippen LogP contribution in [-0.4, -0.2) is 36.2 Å². The van der Waals surface area contributed by atoms with Crippen LogP contribution in [0.4, 0.5) is 0 Å². The average molecular weight is 386 g/mol. The minimum absolute atomic E-state index is 0.324. The van der Waals surface area contributed by atoms with Crippen molar-refractivity contribution in [2.45, 2.75) is 38.1 Å². The first-order valence-corrected chi connectivity index (χ1v) is 8.29. The third-order valence-electron chi connectivity index (χ3n) is 3.91. The summed E-state index contributed by atoms with van der Waals surface area (Å²) in [6.45, 7) is 2.52. The number of ether oxygens (including phenoxy) is 2. The first-order valence-electron chi connectivity index (χ1n) is 7.49. The van der Waals surface area contributed by atoms with Crippen LogP contribution >= 0.6 is 15.9 Å². The number of methoxy groups -OCH3 is 1. The van der Waals surface area contributed by atoms with Gasteiger partial charge >= 0.3 is 5.97 Å². The molecule has 2 N–H and O–H groups in total. The van der Waals surface area contributed by atoms with Gasteiger partial charge in [-0.1, -0.05) is 6.92 Å². The van der Waals surface area contributed by atoms with Crippen molar-refractivity contribution >= 4 is 27.8 Å². The number of carbonyl (C=O) groups is 2. The molecule has 0 saturated heterocycles. The third-order valence-corrected chi connectivity index (χ3v) is 4.50. The first kappa shape index (κ1) is 17.6. The molecule has 0 unspecified atom stereocenters. The van der Waals surface area contributed by atoms with Crippen molar-refractivity contribution in [2.75, 3.05) is 13.7 Å². The Labute approximate surface area is 143 Å². The normalized spacial score (nSPS) is 15.4. The highest BCUT2D eigenvalue weighted by molar-refractivity contribution is 9.10. The number of carbonyl (C=O) groups excluding carboxylic acids is 1. The van der Waals surface area contributed by atoms with Crippen molar-refractivity contribution < 1.29 is 24.2 Å². The molecule has 0 atom stereocenters. The predicted octanol–water partition coefficient (Wildman–Crippen LogP) is 2.98. The summed E-state index contributed by atoms with van der Waals surface area (Å²) < 4.78 is 11.5. The van der Waals surface area contributed by atoms with E-state index in [9.17, 15) is 14.7 Å². The van der Waals surface area contributed by atoms with Crippen LogP contribution in [0, 0.1) is 0 Å². The SMILES string of the molecule is CCCOc1c(Br)cc(C(=O)NC2(C(=O)O)CCC2)cc1OC. The highest BCUT2D eigenvalue weighted by Crippen LogP contribution is 2.37. The van der Waals surface area contributed by atoms with Gasteiger partial charge < -0.3 is 19.9 Å². The molecule has 7 heteroatoms. The van der Waals surface area contributed by atoms with Gasteiger partial charge in [0.1, 0.15) is 5.54 Å². The zero-order valence-electron chi connectivity index (χ0n) is 13.1. The molecule has 0 aromatic heterocycles. The van der Waals surface area contributed by atoms with E-state index < -0.39 is 17.4 Å². The van der Waals surface area contributed by atoms with Crippen molar-refractivity contribution in [1.29, 1.82) is 0 Å². The van der Waals surface area contributed by atoms with E-state index in [2.05, 4.69) is 21.2 Å². The smallest absolute Gasteiger partial charge is 0.329 e. The molecule has 0 spiro atoms. The van der Waals surface area contributed by atoms with Crippen LogP contribution in [-0.2, 0) is 4.79 Å². The molecule has 1 aliphatic carbocycles. The Balaban J connectivity index is 2.24. The maximum absolute atomic E-state index is 12.4. The maximum atomic E-state index is 12.4. The largest absolute Gasteiger partial charge is 0.493 e. The Bertz CT molecular complexity index is 613. The van der Waals surface area contributed by atoms with Gasteiger partial charge in [-0.3, -0.25) is 4.79 Å². The van der Waals surface area contributed by atoms with Gasteiger partial charge in [-0.05, 0) is 53.7 Å². The molecule has 1 saturated carbocycles. The lowest BCUT2D eigenvalue weighted by Crippen LogP contribution is -2.59. The molecule has 6 nitrogen and oxygen atoms in total. The van der Waals surface area contributed by atoms with Gasteiger partial charge in [0.15, 0.2) is 11.5 Å². The minimum Gasteiger partial charge on any atom is -0.493 e. The molecule has 1 aliphatic rings. The Kier molecular flexibility index (Phi) is 5.51. The van der Waals surface area contributed by atoms with Crippen molar-refractivity contribution in [1.82, 2.24) is 5.32 Å². The molecule has 23 heavy (non-hydrogen) atoms. The van der Waals surface area contributed by atoms with Crippen molar-refractivity contribution in [2.24, 2.45) is 0 Å². The highest BCUT2D eigenvalue weighted by Gasteiger charge is 2.45. The van der Waals surface area contributed by atoms with Crippen molar-refractivity contribution in [3.05, 3.63) is 22.2 Å². The fourth-order valence-electron chi connectivity index (χ4n) is 2.41. The predicted molar refractivity (Wildman–Crippen MR) is 88.2 cm³/mol. The Hall–Kier alpha value is -1.76. The Morgan fingerprint density at radius 3 is 2.57 bits per heavy atom. The molecule has 2 rings (SSSR count). The van der Waals surface area contributed by atoms with Gasteiger partial charge in [0.25, 0.3) is 5.91 Å². The molecule has 1 amide bonds. The topological polar surface area (TPSA) is 84.9 Å². The van der Waals surface area contributed by atoms with Crippen LogP contribution in [0.15, 0.2) is 16.6 Å². The van der Waals surface area contributed by atoms with Crippen molar-refractivity contribution in [3.8, 4) is 11.5 Å². The number of rotatable bonds is 7. The number of hydrogen-bond acceptors (Lipinski definition) is 4. The summed E-state index contributed by atoms with van der Waals surface area (Å²) in [5.41, 5.74) is -0.821. The summed E-state index contributed by atoms with van der Waals surface area (Å²) in [6, 6.07) is 3.16. The van der Waals surface area contributed by atoms with Gasteiger partial charge in [0.2, 0.25) is 0 Å². The second kappa shape index (κ2) is 7.21. The highest BCUT2D eigenvalue weighted by atomic mass is 79.9. The fourth-order valence-corrected chi connectivity index (χ4v) is 2.96.